The van der Waals surface area contributed by atoms with E-state index in [1.807, 2.05) is 0 Å². The van der Waals surface area contributed by atoms with Crippen LogP contribution in [0.1, 0.15) is 0 Å². The molecule has 0 unspecified atom stereocenters. The molecule has 0 amide bonds. The van der Waals surface area contributed by atoms with Gasteiger partial charge < -0.3 is 9.64 Å². The molecule has 1 aromatic heterocycles. The van der Waals surface area contributed by atoms with Crippen LogP contribution in [0.25, 0.3) is 0 Å². The first kappa shape index (κ1) is 8.74. The van der Waals surface area contributed by atoms with Gasteiger partial charge in [0.1, 0.15) is 13.1 Å². The van der Waals surface area contributed by atoms with Crippen LogP contribution in [0.2, 0.25) is 0 Å². The van der Waals surface area contributed by atoms with E-state index in [2.05, 4.69) is 9.84 Å². The molecule has 0 bridgehead atoms. The van der Waals surface area contributed by atoms with Crippen LogP contribution in [-0.4, -0.2) is 34.8 Å². The number of aromatic nitrogens is 2. The van der Waals surface area contributed by atoms with Crippen molar-refractivity contribution < 1.29 is 14.3 Å². The summed E-state index contributed by atoms with van der Waals surface area (Å²) in [5, 5.41) is 4.09. The molecule has 0 atom stereocenters. The summed E-state index contributed by atoms with van der Waals surface area (Å²) < 4.78 is 6.00. The Bertz CT molecular complexity index is 369. The number of hydrogen-bond acceptors (Lipinski definition) is 5. The number of cyclic esters (lactones) is 2. The molecule has 2 heterocycles. The SMILES string of the molecule is Cn1ccc(N2CC(=O)OC(=O)C2)n1. The van der Waals surface area contributed by atoms with Gasteiger partial charge in [-0.25, -0.2) is 9.59 Å². The Morgan fingerprint density at radius 2 is 2.00 bits per heavy atom. The fourth-order valence-electron chi connectivity index (χ4n) is 1.29. The number of aryl methyl sites for hydroxylation is 1. The van der Waals surface area contributed by atoms with Crippen LogP contribution in [0.15, 0.2) is 12.3 Å². The van der Waals surface area contributed by atoms with E-state index in [-0.39, 0.29) is 13.1 Å². The lowest BCUT2D eigenvalue weighted by molar-refractivity contribution is -0.160. The van der Waals surface area contributed by atoms with Gasteiger partial charge in [-0.1, -0.05) is 0 Å². The highest BCUT2D eigenvalue weighted by Crippen LogP contribution is 2.12. The lowest BCUT2D eigenvalue weighted by atomic mass is 10.4. The van der Waals surface area contributed by atoms with Crippen molar-refractivity contribution in [3.05, 3.63) is 12.3 Å². The third kappa shape index (κ3) is 1.59. The Hall–Kier alpha value is -1.85. The van der Waals surface area contributed by atoms with E-state index in [1.165, 1.54) is 0 Å². The average molecular weight is 195 g/mol. The van der Waals surface area contributed by atoms with Crippen molar-refractivity contribution in [1.29, 1.82) is 0 Å². The molecule has 74 valence electrons. The molecule has 0 aliphatic carbocycles. The number of carbonyl (C=O) groups excluding carboxylic acids is 2. The molecular weight excluding hydrogens is 186 g/mol. The number of morpholine rings is 1. The minimum Gasteiger partial charge on any atom is -0.390 e. The van der Waals surface area contributed by atoms with Gasteiger partial charge in [-0.3, -0.25) is 4.68 Å². The molecule has 1 fully saturated rings. The number of carbonyl (C=O) groups is 2. The first-order chi connectivity index (χ1) is 6.65. The maximum Gasteiger partial charge on any atom is 0.333 e. The zero-order valence-electron chi connectivity index (χ0n) is 7.64. The summed E-state index contributed by atoms with van der Waals surface area (Å²) in [6.07, 6.45) is 1.75. The molecule has 0 radical (unpaired) electrons. The van der Waals surface area contributed by atoms with Crippen LogP contribution in [0.5, 0.6) is 0 Å². The molecule has 1 aliphatic rings. The quantitative estimate of drug-likeness (QED) is 0.438. The van der Waals surface area contributed by atoms with Crippen molar-refractivity contribution in [2.45, 2.75) is 0 Å². The Morgan fingerprint density at radius 3 is 2.50 bits per heavy atom. The van der Waals surface area contributed by atoms with Crippen molar-refractivity contribution in [2.75, 3.05) is 18.0 Å². The Balaban J connectivity index is 2.18. The van der Waals surface area contributed by atoms with Gasteiger partial charge >= 0.3 is 11.9 Å². The third-order valence-corrected chi connectivity index (χ3v) is 1.89. The molecule has 14 heavy (non-hydrogen) atoms. The second-order valence-electron chi connectivity index (χ2n) is 3.05. The third-order valence-electron chi connectivity index (χ3n) is 1.89. The zero-order valence-corrected chi connectivity index (χ0v) is 7.64. The fraction of sp³-hybridized carbons (Fsp3) is 0.375. The van der Waals surface area contributed by atoms with Crippen molar-refractivity contribution in [3.8, 4) is 0 Å². The summed E-state index contributed by atoms with van der Waals surface area (Å²) in [5.41, 5.74) is 0. The van der Waals surface area contributed by atoms with E-state index in [4.69, 9.17) is 0 Å². The summed E-state index contributed by atoms with van der Waals surface area (Å²) >= 11 is 0. The van der Waals surface area contributed by atoms with E-state index in [0.717, 1.165) is 0 Å². The van der Waals surface area contributed by atoms with Gasteiger partial charge in [-0.2, -0.15) is 5.10 Å². The molecule has 0 N–H and O–H groups in total. The molecule has 0 spiro atoms. The standard InChI is InChI=1S/C8H9N3O3/c1-10-3-2-6(9-10)11-4-7(12)14-8(13)5-11/h2-3H,4-5H2,1H3. The largest absolute Gasteiger partial charge is 0.390 e. The second-order valence-corrected chi connectivity index (χ2v) is 3.05. The van der Waals surface area contributed by atoms with Crippen LogP contribution in [0, 0.1) is 0 Å². The number of ether oxygens (including phenoxy) is 1. The molecule has 0 saturated carbocycles. The maximum atomic E-state index is 10.9. The van der Waals surface area contributed by atoms with Crippen LogP contribution in [0.3, 0.4) is 0 Å². The van der Waals surface area contributed by atoms with Gasteiger partial charge in [0.25, 0.3) is 0 Å². The number of hydrogen-bond donors (Lipinski definition) is 0. The summed E-state index contributed by atoms with van der Waals surface area (Å²) in [6.45, 7) is 0.144. The van der Waals surface area contributed by atoms with Crippen LogP contribution in [-0.2, 0) is 21.4 Å². The van der Waals surface area contributed by atoms with Gasteiger partial charge in [0.05, 0.1) is 0 Å². The van der Waals surface area contributed by atoms with E-state index in [1.54, 1.807) is 28.9 Å². The first-order valence-corrected chi connectivity index (χ1v) is 4.13. The number of rotatable bonds is 1. The molecule has 6 heteroatoms. The number of nitrogens with zero attached hydrogens (tertiary/aromatic N) is 3. The molecule has 1 aliphatic heterocycles. The van der Waals surface area contributed by atoms with E-state index in [9.17, 15) is 9.59 Å². The van der Waals surface area contributed by atoms with E-state index < -0.39 is 11.9 Å². The van der Waals surface area contributed by atoms with Gasteiger partial charge in [-0.15, -0.1) is 0 Å². The molecule has 1 saturated heterocycles. The molecule has 6 nitrogen and oxygen atoms in total. The molecule has 2 rings (SSSR count). The Morgan fingerprint density at radius 1 is 1.36 bits per heavy atom. The highest BCUT2D eigenvalue weighted by Gasteiger charge is 2.25. The normalized spacial score (nSPS) is 17.1. The number of anilines is 1. The summed E-state index contributed by atoms with van der Waals surface area (Å²) in [7, 11) is 1.77. The van der Waals surface area contributed by atoms with Crippen LogP contribution < -0.4 is 4.90 Å². The lowest BCUT2D eigenvalue weighted by Gasteiger charge is -2.23. The van der Waals surface area contributed by atoms with E-state index >= 15 is 0 Å². The molecule has 0 aromatic carbocycles. The summed E-state index contributed by atoms with van der Waals surface area (Å²) in [4.78, 5) is 23.5. The van der Waals surface area contributed by atoms with Crippen molar-refractivity contribution in [2.24, 2.45) is 7.05 Å². The predicted molar refractivity (Wildman–Crippen MR) is 46.5 cm³/mol. The predicted octanol–water partition coefficient (Wildman–Crippen LogP) is -0.690. The topological polar surface area (TPSA) is 64.4 Å². The van der Waals surface area contributed by atoms with Crippen molar-refractivity contribution in [1.82, 2.24) is 9.78 Å². The van der Waals surface area contributed by atoms with Crippen LogP contribution >= 0.6 is 0 Å². The van der Waals surface area contributed by atoms with Gasteiger partial charge in [0, 0.05) is 19.3 Å². The average Bonchev–Trinajstić information content (AvgIpc) is 2.50. The highest BCUT2D eigenvalue weighted by molar-refractivity contribution is 5.94. The summed E-state index contributed by atoms with van der Waals surface area (Å²) in [5.74, 6) is -0.462. The minimum absolute atomic E-state index is 0.0722. The van der Waals surface area contributed by atoms with Crippen molar-refractivity contribution >= 4 is 17.8 Å². The van der Waals surface area contributed by atoms with Crippen LogP contribution in [0.4, 0.5) is 5.82 Å². The van der Waals surface area contributed by atoms with Gasteiger partial charge in [0.15, 0.2) is 5.82 Å². The minimum atomic E-state index is -0.535. The lowest BCUT2D eigenvalue weighted by Crippen LogP contribution is -2.43. The van der Waals surface area contributed by atoms with Gasteiger partial charge in [0.2, 0.25) is 0 Å². The first-order valence-electron chi connectivity index (χ1n) is 4.13. The second kappa shape index (κ2) is 3.13. The summed E-state index contributed by atoms with van der Waals surface area (Å²) in [6, 6.07) is 1.74. The maximum absolute atomic E-state index is 10.9. The Labute approximate surface area is 80.1 Å². The smallest absolute Gasteiger partial charge is 0.333 e. The van der Waals surface area contributed by atoms with Gasteiger partial charge in [-0.05, 0) is 0 Å². The van der Waals surface area contributed by atoms with E-state index in [0.29, 0.717) is 5.82 Å². The number of esters is 2. The highest BCUT2D eigenvalue weighted by atomic mass is 16.6. The Kier molecular flexibility index (Phi) is 1.95. The molecular formula is C8H9N3O3. The van der Waals surface area contributed by atoms with Crippen molar-refractivity contribution in [3.63, 3.8) is 0 Å². The zero-order chi connectivity index (χ0) is 10.1. The molecule has 1 aromatic rings. The monoisotopic (exact) mass is 195 g/mol. The fourth-order valence-corrected chi connectivity index (χ4v) is 1.29.